The maximum atomic E-state index is 12.6. The molecule has 1 amide bonds. The molecule has 1 aliphatic rings. The first-order valence-electron chi connectivity index (χ1n) is 6.43. The number of nitrogens with zero attached hydrogens (tertiary/aromatic N) is 2. The summed E-state index contributed by atoms with van der Waals surface area (Å²) >= 11 is 0. The van der Waals surface area contributed by atoms with Crippen LogP contribution in [0.2, 0.25) is 0 Å². The Morgan fingerprint density at radius 1 is 1.32 bits per heavy atom. The number of ether oxygens (including phenoxy) is 1. The molecule has 2 rings (SSSR count). The molecule has 1 aliphatic heterocycles. The fourth-order valence-electron chi connectivity index (χ4n) is 2.30. The van der Waals surface area contributed by atoms with Gasteiger partial charge in [-0.15, -0.1) is 0 Å². The molecule has 0 aliphatic carbocycles. The summed E-state index contributed by atoms with van der Waals surface area (Å²) in [5.74, 6) is -0.137. The summed E-state index contributed by atoms with van der Waals surface area (Å²) < 4.78 is 5.26. The Kier molecular flexibility index (Phi) is 3.87. The van der Waals surface area contributed by atoms with Crippen LogP contribution in [0.15, 0.2) is 24.3 Å². The van der Waals surface area contributed by atoms with Gasteiger partial charge in [0.1, 0.15) is 5.41 Å². The molecule has 1 aromatic rings. The summed E-state index contributed by atoms with van der Waals surface area (Å²) in [4.78, 5) is 14.2. The highest BCUT2D eigenvalue weighted by molar-refractivity contribution is 5.99. The van der Waals surface area contributed by atoms with Crippen LogP contribution in [0.1, 0.15) is 18.4 Å². The minimum atomic E-state index is -0.933. The maximum Gasteiger partial charge on any atom is 0.247 e. The van der Waals surface area contributed by atoms with Crippen LogP contribution >= 0.6 is 0 Å². The van der Waals surface area contributed by atoms with E-state index >= 15 is 0 Å². The van der Waals surface area contributed by atoms with Gasteiger partial charge in [0.2, 0.25) is 5.91 Å². The van der Waals surface area contributed by atoms with E-state index in [1.54, 1.807) is 11.9 Å². The van der Waals surface area contributed by atoms with Crippen molar-refractivity contribution in [1.29, 1.82) is 5.26 Å². The van der Waals surface area contributed by atoms with E-state index < -0.39 is 5.41 Å². The Morgan fingerprint density at radius 2 is 1.89 bits per heavy atom. The first kappa shape index (κ1) is 13.6. The predicted octanol–water partition coefficient (Wildman–Crippen LogP) is 2.28. The number of hydrogen-bond acceptors (Lipinski definition) is 3. The number of nitriles is 1. The summed E-state index contributed by atoms with van der Waals surface area (Å²) in [5.41, 5.74) is 1.03. The molecule has 1 heterocycles. The van der Waals surface area contributed by atoms with Crippen LogP contribution in [0.5, 0.6) is 0 Å². The second kappa shape index (κ2) is 5.41. The molecule has 0 atom stereocenters. The molecule has 100 valence electrons. The van der Waals surface area contributed by atoms with Crippen molar-refractivity contribution in [2.24, 2.45) is 5.41 Å². The summed E-state index contributed by atoms with van der Waals surface area (Å²) in [7, 11) is 1.72. The van der Waals surface area contributed by atoms with Gasteiger partial charge >= 0.3 is 0 Å². The summed E-state index contributed by atoms with van der Waals surface area (Å²) in [6.07, 6.45) is 0.942. The highest BCUT2D eigenvalue weighted by Crippen LogP contribution is 2.33. The van der Waals surface area contributed by atoms with Crippen LogP contribution in [0.25, 0.3) is 0 Å². The lowest BCUT2D eigenvalue weighted by atomic mass is 9.80. The summed E-state index contributed by atoms with van der Waals surface area (Å²) in [6, 6.07) is 9.93. The molecule has 1 fully saturated rings. The van der Waals surface area contributed by atoms with Gasteiger partial charge in [0.15, 0.2) is 0 Å². The third-order valence-corrected chi connectivity index (χ3v) is 3.70. The number of hydrogen-bond donors (Lipinski definition) is 0. The molecule has 0 radical (unpaired) electrons. The normalized spacial score (nSPS) is 17.5. The average molecular weight is 258 g/mol. The molecular weight excluding hydrogens is 240 g/mol. The predicted molar refractivity (Wildman–Crippen MR) is 72.7 cm³/mol. The third kappa shape index (κ3) is 2.61. The second-order valence-electron chi connectivity index (χ2n) is 5.01. The quantitative estimate of drug-likeness (QED) is 0.817. The first-order chi connectivity index (χ1) is 9.09. The molecule has 0 saturated carbocycles. The van der Waals surface area contributed by atoms with Gasteiger partial charge in [-0.05, 0) is 31.9 Å². The minimum absolute atomic E-state index is 0.137. The van der Waals surface area contributed by atoms with Crippen molar-refractivity contribution in [2.45, 2.75) is 19.8 Å². The maximum absolute atomic E-state index is 12.6. The van der Waals surface area contributed by atoms with Gasteiger partial charge in [-0.1, -0.05) is 17.7 Å². The van der Waals surface area contributed by atoms with E-state index in [1.165, 1.54) is 0 Å². The van der Waals surface area contributed by atoms with Crippen LogP contribution in [-0.2, 0) is 9.53 Å². The second-order valence-corrected chi connectivity index (χ2v) is 5.01. The van der Waals surface area contributed by atoms with Crippen molar-refractivity contribution in [3.8, 4) is 6.07 Å². The lowest BCUT2D eigenvalue weighted by Gasteiger charge is -2.33. The van der Waals surface area contributed by atoms with Gasteiger partial charge < -0.3 is 9.64 Å². The topological polar surface area (TPSA) is 53.3 Å². The van der Waals surface area contributed by atoms with E-state index in [4.69, 9.17) is 4.74 Å². The van der Waals surface area contributed by atoms with Crippen molar-refractivity contribution in [2.75, 3.05) is 25.2 Å². The fourth-order valence-corrected chi connectivity index (χ4v) is 2.30. The Labute approximate surface area is 113 Å². The molecule has 0 bridgehead atoms. The SMILES string of the molecule is Cc1ccc(N(C)C(=O)C2(C#N)CCOCC2)cc1. The van der Waals surface area contributed by atoms with Crippen molar-refractivity contribution in [3.63, 3.8) is 0 Å². The Bertz CT molecular complexity index is 496. The van der Waals surface area contributed by atoms with E-state index in [2.05, 4.69) is 6.07 Å². The summed E-state index contributed by atoms with van der Waals surface area (Å²) in [6.45, 7) is 2.95. The van der Waals surface area contributed by atoms with E-state index in [1.807, 2.05) is 31.2 Å². The summed E-state index contributed by atoms with van der Waals surface area (Å²) in [5, 5.41) is 9.40. The zero-order valence-corrected chi connectivity index (χ0v) is 11.3. The molecule has 1 saturated heterocycles. The number of carbonyl (C=O) groups excluding carboxylic acids is 1. The van der Waals surface area contributed by atoms with Gasteiger partial charge in [-0.25, -0.2) is 0 Å². The number of carbonyl (C=O) groups is 1. The highest BCUT2D eigenvalue weighted by atomic mass is 16.5. The van der Waals surface area contributed by atoms with Gasteiger partial charge in [-0.3, -0.25) is 4.79 Å². The Balaban J connectivity index is 2.22. The van der Waals surface area contributed by atoms with E-state index in [9.17, 15) is 10.1 Å². The lowest BCUT2D eigenvalue weighted by molar-refractivity contribution is -0.129. The Hall–Kier alpha value is -1.86. The molecule has 0 N–H and O–H groups in total. The molecule has 4 heteroatoms. The average Bonchev–Trinajstić information content (AvgIpc) is 2.47. The van der Waals surface area contributed by atoms with Crippen molar-refractivity contribution >= 4 is 11.6 Å². The lowest BCUT2D eigenvalue weighted by Crippen LogP contribution is -2.44. The molecule has 1 aromatic carbocycles. The molecule has 4 nitrogen and oxygen atoms in total. The van der Waals surface area contributed by atoms with Crippen molar-refractivity contribution in [1.82, 2.24) is 0 Å². The standard InChI is InChI=1S/C15H18N2O2/c1-12-3-5-13(6-4-12)17(2)14(18)15(11-16)7-9-19-10-8-15/h3-6H,7-10H2,1-2H3. The van der Waals surface area contributed by atoms with Crippen LogP contribution < -0.4 is 4.90 Å². The molecule has 0 unspecified atom stereocenters. The van der Waals surface area contributed by atoms with Gasteiger partial charge in [0, 0.05) is 25.9 Å². The first-order valence-corrected chi connectivity index (χ1v) is 6.43. The zero-order chi connectivity index (χ0) is 13.9. The molecule has 0 spiro atoms. The van der Waals surface area contributed by atoms with Gasteiger partial charge in [0.05, 0.1) is 6.07 Å². The van der Waals surface area contributed by atoms with Gasteiger partial charge in [0.25, 0.3) is 0 Å². The molecule has 19 heavy (non-hydrogen) atoms. The number of benzene rings is 1. The smallest absolute Gasteiger partial charge is 0.247 e. The minimum Gasteiger partial charge on any atom is -0.381 e. The van der Waals surface area contributed by atoms with Gasteiger partial charge in [-0.2, -0.15) is 5.26 Å². The van der Waals surface area contributed by atoms with Crippen molar-refractivity contribution in [3.05, 3.63) is 29.8 Å². The monoisotopic (exact) mass is 258 g/mol. The van der Waals surface area contributed by atoms with E-state index in [0.29, 0.717) is 26.1 Å². The highest BCUT2D eigenvalue weighted by Gasteiger charge is 2.42. The number of anilines is 1. The van der Waals surface area contributed by atoms with Crippen molar-refractivity contribution < 1.29 is 9.53 Å². The van der Waals surface area contributed by atoms with Crippen LogP contribution in [-0.4, -0.2) is 26.2 Å². The molecule has 0 aromatic heterocycles. The fraction of sp³-hybridized carbons (Fsp3) is 0.467. The van der Waals surface area contributed by atoms with Crippen LogP contribution in [0, 0.1) is 23.7 Å². The van der Waals surface area contributed by atoms with E-state index in [-0.39, 0.29) is 5.91 Å². The number of aryl methyl sites for hydroxylation is 1. The van der Waals surface area contributed by atoms with Crippen LogP contribution in [0.3, 0.4) is 0 Å². The third-order valence-electron chi connectivity index (χ3n) is 3.70. The van der Waals surface area contributed by atoms with E-state index in [0.717, 1.165) is 11.3 Å². The Morgan fingerprint density at radius 3 is 2.42 bits per heavy atom. The zero-order valence-electron chi connectivity index (χ0n) is 11.3. The number of rotatable bonds is 2. The largest absolute Gasteiger partial charge is 0.381 e. The number of amides is 1. The van der Waals surface area contributed by atoms with Crippen LogP contribution in [0.4, 0.5) is 5.69 Å². The molecular formula is C15H18N2O2.